The summed E-state index contributed by atoms with van der Waals surface area (Å²) >= 11 is 0. The summed E-state index contributed by atoms with van der Waals surface area (Å²) in [7, 11) is 0. The molecular formula is C14H23N3O2. The van der Waals surface area contributed by atoms with Crippen molar-refractivity contribution >= 4 is 5.91 Å². The van der Waals surface area contributed by atoms with Gasteiger partial charge in [0.2, 0.25) is 0 Å². The molecule has 0 bridgehead atoms. The molecule has 5 heteroatoms. The van der Waals surface area contributed by atoms with Crippen molar-refractivity contribution in [3.05, 3.63) is 23.7 Å². The van der Waals surface area contributed by atoms with Gasteiger partial charge in [-0.1, -0.05) is 13.8 Å². The predicted octanol–water partition coefficient (Wildman–Crippen LogP) is 1.89. The number of furan rings is 1. The molecule has 3 N–H and O–H groups in total. The van der Waals surface area contributed by atoms with Gasteiger partial charge in [0.1, 0.15) is 12.0 Å². The second kappa shape index (κ2) is 6.21. The molecule has 2 rings (SSSR count). The topological polar surface area (TPSA) is 71.5 Å². The van der Waals surface area contributed by atoms with Crippen molar-refractivity contribution in [1.82, 2.24) is 10.3 Å². The molecule has 1 fully saturated rings. The van der Waals surface area contributed by atoms with Crippen LogP contribution in [0.3, 0.4) is 0 Å². The van der Waals surface area contributed by atoms with Crippen LogP contribution in [0.25, 0.3) is 0 Å². The van der Waals surface area contributed by atoms with E-state index < -0.39 is 0 Å². The molecule has 0 spiro atoms. The Bertz CT molecular complexity index is 424. The molecule has 0 aliphatic heterocycles. The van der Waals surface area contributed by atoms with E-state index in [9.17, 15) is 4.79 Å². The average Bonchev–Trinajstić information content (AvgIpc) is 3.13. The highest BCUT2D eigenvalue weighted by atomic mass is 16.3. The summed E-state index contributed by atoms with van der Waals surface area (Å²) in [4.78, 5) is 13.8. The Balaban J connectivity index is 1.93. The van der Waals surface area contributed by atoms with Crippen LogP contribution in [0.1, 0.15) is 49.2 Å². The lowest BCUT2D eigenvalue weighted by atomic mass is 10.1. The summed E-state index contributed by atoms with van der Waals surface area (Å²) < 4.78 is 5.44. The molecule has 1 aromatic heterocycles. The zero-order valence-electron chi connectivity index (χ0n) is 11.7. The Morgan fingerprint density at radius 1 is 1.58 bits per heavy atom. The van der Waals surface area contributed by atoms with Crippen molar-refractivity contribution in [3.8, 4) is 0 Å². The van der Waals surface area contributed by atoms with Crippen LogP contribution < -0.4 is 11.3 Å². The van der Waals surface area contributed by atoms with Crippen LogP contribution in [-0.2, 0) is 6.54 Å². The van der Waals surface area contributed by atoms with Crippen molar-refractivity contribution in [1.29, 1.82) is 0 Å². The number of rotatable bonds is 7. The van der Waals surface area contributed by atoms with Gasteiger partial charge in [0, 0.05) is 6.04 Å². The summed E-state index contributed by atoms with van der Waals surface area (Å²) in [6.07, 6.45) is 5.20. The average molecular weight is 265 g/mol. The van der Waals surface area contributed by atoms with Gasteiger partial charge in [-0.05, 0) is 37.8 Å². The highest BCUT2D eigenvalue weighted by molar-refractivity contribution is 5.93. The van der Waals surface area contributed by atoms with Crippen molar-refractivity contribution in [2.45, 2.75) is 45.7 Å². The molecule has 106 valence electrons. The Morgan fingerprint density at radius 2 is 2.32 bits per heavy atom. The molecule has 5 nitrogen and oxygen atoms in total. The quantitative estimate of drug-likeness (QED) is 0.449. The number of nitrogens with one attached hydrogen (secondary N) is 1. The molecule has 19 heavy (non-hydrogen) atoms. The smallest absolute Gasteiger partial charge is 0.268 e. The van der Waals surface area contributed by atoms with E-state index in [0.717, 1.165) is 18.8 Å². The zero-order chi connectivity index (χ0) is 13.8. The van der Waals surface area contributed by atoms with Gasteiger partial charge in [-0.3, -0.25) is 15.1 Å². The summed E-state index contributed by atoms with van der Waals surface area (Å²) in [5.41, 5.74) is 2.59. The molecule has 1 heterocycles. The van der Waals surface area contributed by atoms with E-state index in [4.69, 9.17) is 10.3 Å². The van der Waals surface area contributed by atoms with Gasteiger partial charge >= 0.3 is 0 Å². The van der Waals surface area contributed by atoms with E-state index in [-0.39, 0.29) is 5.91 Å². The number of nitrogen functional groups attached to an aromatic ring is 1. The van der Waals surface area contributed by atoms with Crippen molar-refractivity contribution in [3.63, 3.8) is 0 Å². The number of nitrogens with zero attached hydrogens (tertiary/aromatic N) is 1. The van der Waals surface area contributed by atoms with Crippen molar-refractivity contribution in [2.75, 3.05) is 6.54 Å². The first-order chi connectivity index (χ1) is 9.10. The molecule has 1 aromatic rings. The van der Waals surface area contributed by atoms with Gasteiger partial charge in [0.05, 0.1) is 12.1 Å². The third kappa shape index (κ3) is 4.08. The second-order valence-electron chi connectivity index (χ2n) is 5.66. The number of nitrogens with two attached hydrogens (primary N) is 1. The third-order valence-corrected chi connectivity index (χ3v) is 3.46. The summed E-state index contributed by atoms with van der Waals surface area (Å²) in [5, 5.41) is 0. The molecule has 1 aliphatic rings. The van der Waals surface area contributed by atoms with Crippen LogP contribution in [0.15, 0.2) is 16.7 Å². The minimum Gasteiger partial charge on any atom is -0.467 e. The van der Waals surface area contributed by atoms with Crippen LogP contribution in [-0.4, -0.2) is 23.4 Å². The number of hydrazine groups is 1. The fraction of sp³-hybridized carbons (Fsp3) is 0.643. The maximum atomic E-state index is 11.4. The van der Waals surface area contributed by atoms with Gasteiger partial charge in [-0.25, -0.2) is 5.84 Å². The highest BCUT2D eigenvalue weighted by Crippen LogP contribution is 2.29. The monoisotopic (exact) mass is 265 g/mol. The number of carbonyl (C=O) groups excluding carboxylic acids is 1. The lowest BCUT2D eigenvalue weighted by Gasteiger charge is -2.21. The van der Waals surface area contributed by atoms with Crippen molar-refractivity contribution < 1.29 is 9.21 Å². The van der Waals surface area contributed by atoms with E-state index in [1.165, 1.54) is 25.5 Å². The predicted molar refractivity (Wildman–Crippen MR) is 73.2 cm³/mol. The third-order valence-electron chi connectivity index (χ3n) is 3.46. The lowest BCUT2D eigenvalue weighted by molar-refractivity contribution is 0.0953. The lowest BCUT2D eigenvalue weighted by Crippen LogP contribution is -2.29. The number of carbonyl (C=O) groups is 1. The summed E-state index contributed by atoms with van der Waals surface area (Å²) in [6.45, 7) is 6.33. The fourth-order valence-electron chi connectivity index (χ4n) is 2.12. The summed E-state index contributed by atoms with van der Waals surface area (Å²) in [6, 6.07) is 2.46. The molecule has 0 saturated heterocycles. The SMILES string of the molecule is CC(C)CCN(Cc1cc(C(=O)NN)co1)C1CC1. The van der Waals surface area contributed by atoms with Crippen LogP contribution in [0.5, 0.6) is 0 Å². The maximum absolute atomic E-state index is 11.4. The largest absolute Gasteiger partial charge is 0.467 e. The van der Waals surface area contributed by atoms with Gasteiger partial charge in [-0.2, -0.15) is 0 Å². The van der Waals surface area contributed by atoms with Crippen LogP contribution in [0.2, 0.25) is 0 Å². The molecule has 1 saturated carbocycles. The van der Waals surface area contributed by atoms with E-state index in [1.54, 1.807) is 6.07 Å². The molecule has 0 radical (unpaired) electrons. The van der Waals surface area contributed by atoms with E-state index >= 15 is 0 Å². The second-order valence-corrected chi connectivity index (χ2v) is 5.66. The van der Waals surface area contributed by atoms with Gasteiger partial charge in [-0.15, -0.1) is 0 Å². The minimum atomic E-state index is -0.310. The number of hydrogen-bond donors (Lipinski definition) is 2. The zero-order valence-corrected chi connectivity index (χ0v) is 11.7. The van der Waals surface area contributed by atoms with E-state index in [2.05, 4.69) is 24.2 Å². The Morgan fingerprint density at radius 3 is 2.89 bits per heavy atom. The summed E-state index contributed by atoms with van der Waals surface area (Å²) in [5.74, 6) is 6.33. The molecular weight excluding hydrogens is 242 g/mol. The maximum Gasteiger partial charge on any atom is 0.268 e. The molecule has 1 amide bonds. The van der Waals surface area contributed by atoms with E-state index in [1.807, 2.05) is 0 Å². The first-order valence-corrected chi connectivity index (χ1v) is 6.92. The standard InChI is InChI=1S/C14H23N3O2/c1-10(2)5-6-17(12-3-4-12)8-13-7-11(9-19-13)14(18)16-15/h7,9-10,12H,3-6,8,15H2,1-2H3,(H,16,18). The van der Waals surface area contributed by atoms with Crippen LogP contribution >= 0.6 is 0 Å². The molecule has 0 aromatic carbocycles. The fourth-order valence-corrected chi connectivity index (χ4v) is 2.12. The minimum absolute atomic E-state index is 0.310. The Hall–Kier alpha value is -1.33. The van der Waals surface area contributed by atoms with Crippen LogP contribution in [0.4, 0.5) is 0 Å². The van der Waals surface area contributed by atoms with Gasteiger partial charge in [0.15, 0.2) is 0 Å². The Kier molecular flexibility index (Phi) is 4.61. The van der Waals surface area contributed by atoms with Gasteiger partial charge in [0.25, 0.3) is 5.91 Å². The molecule has 1 aliphatic carbocycles. The highest BCUT2D eigenvalue weighted by Gasteiger charge is 2.29. The number of amides is 1. The van der Waals surface area contributed by atoms with Crippen molar-refractivity contribution in [2.24, 2.45) is 11.8 Å². The van der Waals surface area contributed by atoms with Gasteiger partial charge < -0.3 is 4.42 Å². The first kappa shape index (κ1) is 14.1. The molecule has 0 unspecified atom stereocenters. The number of hydrogen-bond acceptors (Lipinski definition) is 4. The molecule has 0 atom stereocenters. The van der Waals surface area contributed by atoms with E-state index in [0.29, 0.717) is 17.5 Å². The first-order valence-electron chi connectivity index (χ1n) is 6.92. The van der Waals surface area contributed by atoms with Crippen LogP contribution in [0, 0.1) is 5.92 Å². The normalized spacial score (nSPS) is 15.2. The Labute approximate surface area is 114 Å².